The minimum absolute atomic E-state index is 0.148. The largest absolute Gasteiger partial charge is 0.374 e. The molecule has 0 unspecified atom stereocenters. The summed E-state index contributed by atoms with van der Waals surface area (Å²) in [5.74, 6) is 0. The van der Waals surface area contributed by atoms with Crippen LogP contribution in [-0.2, 0) is 6.42 Å². The Kier molecular flexibility index (Phi) is 3.27. The number of aryl methyl sites for hydroxylation is 1. The van der Waals surface area contributed by atoms with Gasteiger partial charge in [-0.05, 0) is 42.0 Å². The summed E-state index contributed by atoms with van der Waals surface area (Å²) in [6.45, 7) is 0.939. The van der Waals surface area contributed by atoms with Crippen molar-refractivity contribution < 1.29 is 8.78 Å². The Balaban J connectivity index is 2.18. The molecular formula is C15H15F2NS. The fourth-order valence-corrected chi connectivity index (χ4v) is 3.42. The molecule has 0 saturated heterocycles. The highest BCUT2D eigenvalue weighted by atomic mass is 32.1. The topological polar surface area (TPSA) is 3.24 Å². The van der Waals surface area contributed by atoms with Crippen LogP contribution in [0, 0.1) is 0 Å². The van der Waals surface area contributed by atoms with Crippen LogP contribution in [0.3, 0.4) is 0 Å². The maximum Gasteiger partial charge on any atom is 0.264 e. The van der Waals surface area contributed by atoms with Gasteiger partial charge in [0.2, 0.25) is 0 Å². The second-order valence-corrected chi connectivity index (χ2v) is 5.82. The lowest BCUT2D eigenvalue weighted by Gasteiger charge is -2.29. The molecule has 1 aromatic carbocycles. The van der Waals surface area contributed by atoms with E-state index in [1.54, 1.807) is 6.07 Å². The molecule has 1 aromatic heterocycles. The Morgan fingerprint density at radius 3 is 2.84 bits per heavy atom. The van der Waals surface area contributed by atoms with E-state index in [-0.39, 0.29) is 5.56 Å². The quantitative estimate of drug-likeness (QED) is 0.767. The third-order valence-corrected chi connectivity index (χ3v) is 4.53. The van der Waals surface area contributed by atoms with Crippen molar-refractivity contribution in [3.8, 4) is 10.4 Å². The predicted molar refractivity (Wildman–Crippen MR) is 76.3 cm³/mol. The van der Waals surface area contributed by atoms with Crippen molar-refractivity contribution in [3.63, 3.8) is 0 Å². The van der Waals surface area contributed by atoms with Gasteiger partial charge in [-0.3, -0.25) is 0 Å². The van der Waals surface area contributed by atoms with Crippen molar-refractivity contribution in [1.29, 1.82) is 0 Å². The van der Waals surface area contributed by atoms with Crippen LogP contribution < -0.4 is 4.90 Å². The standard InChI is InChI=1S/C15H15F2NS/c1-18-6-2-4-10-8-11(14-5-3-7-19-14)12(15(16)17)9-13(10)18/h3,5,7-9,15H,2,4,6H2,1H3. The Labute approximate surface area is 115 Å². The Morgan fingerprint density at radius 1 is 1.32 bits per heavy atom. The number of hydrogen-bond donors (Lipinski definition) is 0. The first-order valence-corrected chi connectivity index (χ1v) is 7.25. The second kappa shape index (κ2) is 4.93. The van der Waals surface area contributed by atoms with Crippen LogP contribution in [0.25, 0.3) is 10.4 Å². The highest BCUT2D eigenvalue weighted by molar-refractivity contribution is 7.13. The van der Waals surface area contributed by atoms with Gasteiger partial charge in [0.1, 0.15) is 0 Å². The summed E-state index contributed by atoms with van der Waals surface area (Å²) < 4.78 is 26.6. The van der Waals surface area contributed by atoms with Gasteiger partial charge >= 0.3 is 0 Å². The van der Waals surface area contributed by atoms with Crippen molar-refractivity contribution >= 4 is 17.0 Å². The van der Waals surface area contributed by atoms with E-state index in [1.165, 1.54) is 16.9 Å². The molecule has 19 heavy (non-hydrogen) atoms. The summed E-state index contributed by atoms with van der Waals surface area (Å²) in [5, 5.41) is 1.93. The lowest BCUT2D eigenvalue weighted by Crippen LogP contribution is -2.24. The van der Waals surface area contributed by atoms with E-state index in [1.807, 2.05) is 30.6 Å². The minimum atomic E-state index is -2.43. The molecule has 0 N–H and O–H groups in total. The monoisotopic (exact) mass is 279 g/mol. The first kappa shape index (κ1) is 12.6. The van der Waals surface area contributed by atoms with Gasteiger partial charge in [0.25, 0.3) is 6.43 Å². The van der Waals surface area contributed by atoms with Crippen LogP contribution in [0.2, 0.25) is 0 Å². The number of halogens is 2. The van der Waals surface area contributed by atoms with Crippen molar-refractivity contribution in [3.05, 3.63) is 40.8 Å². The maximum absolute atomic E-state index is 13.3. The van der Waals surface area contributed by atoms with Crippen LogP contribution in [0.15, 0.2) is 29.6 Å². The molecule has 3 rings (SSSR count). The number of rotatable bonds is 2. The van der Waals surface area contributed by atoms with Crippen molar-refractivity contribution in [2.24, 2.45) is 0 Å². The van der Waals surface area contributed by atoms with Gasteiger partial charge in [0.05, 0.1) is 0 Å². The SMILES string of the molecule is CN1CCCc2cc(-c3cccs3)c(C(F)F)cc21. The van der Waals surface area contributed by atoms with Crippen LogP contribution >= 0.6 is 11.3 Å². The van der Waals surface area contributed by atoms with Gasteiger partial charge in [0, 0.05) is 35.3 Å². The molecule has 0 fully saturated rings. The zero-order valence-electron chi connectivity index (χ0n) is 10.7. The van der Waals surface area contributed by atoms with E-state index >= 15 is 0 Å². The molecule has 2 aromatic rings. The third kappa shape index (κ3) is 2.25. The second-order valence-electron chi connectivity index (χ2n) is 4.87. The van der Waals surface area contributed by atoms with E-state index in [2.05, 4.69) is 4.90 Å². The summed E-state index contributed by atoms with van der Waals surface area (Å²) in [7, 11) is 1.97. The zero-order valence-corrected chi connectivity index (χ0v) is 11.5. The Hall–Kier alpha value is -1.42. The van der Waals surface area contributed by atoms with Gasteiger partial charge in [0.15, 0.2) is 0 Å². The number of benzene rings is 1. The molecule has 0 bridgehead atoms. The number of nitrogens with zero attached hydrogens (tertiary/aromatic N) is 1. The summed E-state index contributed by atoms with van der Waals surface area (Å²) in [4.78, 5) is 2.99. The molecule has 100 valence electrons. The fourth-order valence-electron chi connectivity index (χ4n) is 2.66. The van der Waals surface area contributed by atoms with E-state index in [4.69, 9.17) is 0 Å². The molecule has 4 heteroatoms. The van der Waals surface area contributed by atoms with Crippen LogP contribution in [0.5, 0.6) is 0 Å². The molecule has 1 nitrogen and oxygen atoms in total. The predicted octanol–water partition coefficient (Wildman–Crippen LogP) is 4.74. The normalized spacial score (nSPS) is 14.8. The summed E-state index contributed by atoms with van der Waals surface area (Å²) in [6, 6.07) is 7.44. The summed E-state index contributed by atoms with van der Waals surface area (Å²) in [6.07, 6.45) is -0.374. The van der Waals surface area contributed by atoms with E-state index in [0.29, 0.717) is 5.56 Å². The maximum atomic E-state index is 13.3. The van der Waals surface area contributed by atoms with Gasteiger partial charge in [-0.25, -0.2) is 8.78 Å². The molecule has 0 aliphatic carbocycles. The number of hydrogen-bond acceptors (Lipinski definition) is 2. The molecule has 0 amide bonds. The number of thiophene rings is 1. The number of alkyl halides is 2. The van der Waals surface area contributed by atoms with Crippen molar-refractivity contribution in [2.75, 3.05) is 18.5 Å². The lowest BCUT2D eigenvalue weighted by atomic mass is 9.95. The zero-order chi connectivity index (χ0) is 13.4. The Morgan fingerprint density at radius 2 is 2.16 bits per heavy atom. The lowest BCUT2D eigenvalue weighted by molar-refractivity contribution is 0.152. The molecule has 1 aliphatic heterocycles. The Bertz CT molecular complexity index is 578. The first-order chi connectivity index (χ1) is 9.16. The molecular weight excluding hydrogens is 264 g/mol. The van der Waals surface area contributed by atoms with Crippen molar-refractivity contribution in [1.82, 2.24) is 0 Å². The van der Waals surface area contributed by atoms with Gasteiger partial charge in [-0.1, -0.05) is 6.07 Å². The first-order valence-electron chi connectivity index (χ1n) is 6.37. The van der Waals surface area contributed by atoms with Gasteiger partial charge < -0.3 is 4.90 Å². The van der Waals surface area contributed by atoms with Gasteiger partial charge in [-0.15, -0.1) is 11.3 Å². The van der Waals surface area contributed by atoms with E-state index < -0.39 is 6.43 Å². The number of fused-ring (bicyclic) bond motifs is 1. The van der Waals surface area contributed by atoms with Gasteiger partial charge in [-0.2, -0.15) is 0 Å². The van der Waals surface area contributed by atoms with Crippen LogP contribution in [-0.4, -0.2) is 13.6 Å². The smallest absolute Gasteiger partial charge is 0.264 e. The molecule has 0 atom stereocenters. The average Bonchev–Trinajstić information content (AvgIpc) is 2.91. The highest BCUT2D eigenvalue weighted by Gasteiger charge is 2.21. The summed E-state index contributed by atoms with van der Waals surface area (Å²) in [5.41, 5.74) is 2.98. The highest BCUT2D eigenvalue weighted by Crippen LogP contribution is 2.39. The van der Waals surface area contributed by atoms with E-state index in [0.717, 1.165) is 30.0 Å². The number of anilines is 1. The minimum Gasteiger partial charge on any atom is -0.374 e. The molecule has 0 spiro atoms. The van der Waals surface area contributed by atoms with Crippen LogP contribution in [0.1, 0.15) is 24.0 Å². The molecule has 2 heterocycles. The molecule has 1 aliphatic rings. The molecule has 0 saturated carbocycles. The van der Waals surface area contributed by atoms with Crippen molar-refractivity contribution in [2.45, 2.75) is 19.3 Å². The fraction of sp³-hybridized carbons (Fsp3) is 0.333. The molecule has 0 radical (unpaired) electrons. The average molecular weight is 279 g/mol. The third-order valence-electron chi connectivity index (χ3n) is 3.62. The van der Waals surface area contributed by atoms with Crippen LogP contribution in [0.4, 0.5) is 14.5 Å². The van der Waals surface area contributed by atoms with E-state index in [9.17, 15) is 8.78 Å². The summed E-state index contributed by atoms with van der Waals surface area (Å²) >= 11 is 1.51.